The Labute approximate surface area is 182 Å². The van der Waals surface area contributed by atoms with Crippen LogP contribution in [0.3, 0.4) is 0 Å². The molecule has 0 radical (unpaired) electrons. The molecule has 0 bridgehead atoms. The largest absolute Gasteiger partial charge is 0.507 e. The smallest absolute Gasteiger partial charge is 0.127 e. The van der Waals surface area contributed by atoms with Gasteiger partial charge in [0.1, 0.15) is 23.0 Å². The molecule has 1 N–H and O–H groups in total. The molecule has 0 heterocycles. The van der Waals surface area contributed by atoms with Crippen molar-refractivity contribution in [3.63, 3.8) is 0 Å². The van der Waals surface area contributed by atoms with E-state index in [2.05, 4.69) is 18.2 Å². The zero-order valence-electron chi connectivity index (χ0n) is 17.8. The second-order valence-corrected chi connectivity index (χ2v) is 7.14. The molecule has 0 fully saturated rings. The third-order valence-electron chi connectivity index (χ3n) is 5.30. The van der Waals surface area contributed by atoms with Crippen molar-refractivity contribution in [3.05, 3.63) is 84.9 Å². The lowest BCUT2D eigenvalue weighted by Crippen LogP contribution is -1.89. The predicted octanol–water partition coefficient (Wildman–Crippen LogP) is 6.42. The predicted molar refractivity (Wildman–Crippen MR) is 124 cm³/mol. The Kier molecular flexibility index (Phi) is 5.80. The number of aromatic hydroxyl groups is 1. The van der Waals surface area contributed by atoms with Crippen molar-refractivity contribution >= 4 is 0 Å². The molecule has 0 atom stereocenters. The van der Waals surface area contributed by atoms with Crippen LogP contribution in [0.5, 0.6) is 23.0 Å². The van der Waals surface area contributed by atoms with Gasteiger partial charge in [-0.3, -0.25) is 0 Å². The normalized spacial score (nSPS) is 10.5. The van der Waals surface area contributed by atoms with Gasteiger partial charge in [0.25, 0.3) is 0 Å². The highest BCUT2D eigenvalue weighted by Gasteiger charge is 2.11. The van der Waals surface area contributed by atoms with Crippen LogP contribution in [-0.2, 0) is 0 Å². The fraction of sp³-hybridized carbons (Fsp3) is 0.111. The van der Waals surface area contributed by atoms with Gasteiger partial charge in [-0.1, -0.05) is 24.3 Å². The van der Waals surface area contributed by atoms with Crippen molar-refractivity contribution in [2.75, 3.05) is 21.3 Å². The standard InChI is InChI=1S/C27H24O4/c1-29-23-8-4-18(5-9-23)20-14-21(19-6-10-24(30-2)11-7-19)16-22(15-20)26-13-12-25(31-3)17-27(26)28/h4-17,28H,1-3H3. The van der Waals surface area contributed by atoms with Crippen LogP contribution in [0.15, 0.2) is 84.9 Å². The Morgan fingerprint density at radius 3 is 1.29 bits per heavy atom. The van der Waals surface area contributed by atoms with Crippen LogP contribution in [0.4, 0.5) is 0 Å². The highest BCUT2D eigenvalue weighted by Crippen LogP contribution is 2.38. The van der Waals surface area contributed by atoms with Gasteiger partial charge < -0.3 is 19.3 Å². The third-order valence-corrected chi connectivity index (χ3v) is 5.30. The van der Waals surface area contributed by atoms with Crippen LogP contribution in [0.2, 0.25) is 0 Å². The molecule has 4 nitrogen and oxygen atoms in total. The van der Waals surface area contributed by atoms with Gasteiger partial charge in [-0.2, -0.15) is 0 Å². The van der Waals surface area contributed by atoms with Gasteiger partial charge in [0.15, 0.2) is 0 Å². The molecule has 0 spiro atoms. The van der Waals surface area contributed by atoms with Gasteiger partial charge >= 0.3 is 0 Å². The molecule has 0 amide bonds. The second-order valence-electron chi connectivity index (χ2n) is 7.14. The van der Waals surface area contributed by atoms with Crippen LogP contribution < -0.4 is 14.2 Å². The number of methoxy groups -OCH3 is 3. The Hall–Kier alpha value is -3.92. The molecule has 4 heteroatoms. The fourth-order valence-corrected chi connectivity index (χ4v) is 3.57. The number of ether oxygens (including phenoxy) is 3. The minimum absolute atomic E-state index is 0.173. The van der Waals surface area contributed by atoms with E-state index in [9.17, 15) is 5.11 Å². The maximum atomic E-state index is 10.6. The lowest BCUT2D eigenvalue weighted by molar-refractivity contribution is 0.408. The average molecular weight is 412 g/mol. The summed E-state index contributed by atoms with van der Waals surface area (Å²) >= 11 is 0. The van der Waals surface area contributed by atoms with E-state index in [-0.39, 0.29) is 5.75 Å². The summed E-state index contributed by atoms with van der Waals surface area (Å²) in [7, 11) is 4.90. The molecular formula is C27H24O4. The Bertz CT molecular complexity index is 1110. The van der Waals surface area contributed by atoms with Crippen molar-refractivity contribution in [2.45, 2.75) is 0 Å². The summed E-state index contributed by atoms with van der Waals surface area (Å²) in [6.07, 6.45) is 0. The van der Waals surface area contributed by atoms with Crippen LogP contribution in [-0.4, -0.2) is 26.4 Å². The Balaban J connectivity index is 1.87. The minimum atomic E-state index is 0.173. The number of hydrogen-bond acceptors (Lipinski definition) is 4. The second kappa shape index (κ2) is 8.84. The SMILES string of the molecule is COc1ccc(-c2cc(-c3ccc(OC)cc3)cc(-c3ccc(OC)cc3O)c2)cc1. The molecule has 4 rings (SSSR count). The van der Waals surface area contributed by atoms with Crippen molar-refractivity contribution in [2.24, 2.45) is 0 Å². The molecule has 0 aliphatic carbocycles. The maximum absolute atomic E-state index is 10.6. The molecule has 156 valence electrons. The highest BCUT2D eigenvalue weighted by molar-refractivity contribution is 5.83. The summed E-state index contributed by atoms with van der Waals surface area (Å²) in [5.41, 5.74) is 5.86. The minimum Gasteiger partial charge on any atom is -0.507 e. The summed E-state index contributed by atoms with van der Waals surface area (Å²) in [5, 5.41) is 10.6. The molecule has 0 aromatic heterocycles. The fourth-order valence-electron chi connectivity index (χ4n) is 3.57. The topological polar surface area (TPSA) is 47.9 Å². The van der Waals surface area contributed by atoms with Crippen molar-refractivity contribution in [3.8, 4) is 56.4 Å². The number of benzene rings is 4. The van der Waals surface area contributed by atoms with E-state index in [1.807, 2.05) is 60.7 Å². The number of hydrogen-bond donors (Lipinski definition) is 1. The molecule has 31 heavy (non-hydrogen) atoms. The van der Waals surface area contributed by atoms with Gasteiger partial charge in [-0.05, 0) is 82.4 Å². The van der Waals surface area contributed by atoms with Crippen molar-refractivity contribution in [1.82, 2.24) is 0 Å². The molecule has 0 aliphatic rings. The van der Waals surface area contributed by atoms with Crippen LogP contribution in [0.1, 0.15) is 0 Å². The maximum Gasteiger partial charge on any atom is 0.127 e. The van der Waals surface area contributed by atoms with Gasteiger partial charge in [0.2, 0.25) is 0 Å². The zero-order chi connectivity index (χ0) is 21.8. The molecular weight excluding hydrogens is 388 g/mol. The highest BCUT2D eigenvalue weighted by atomic mass is 16.5. The first-order valence-corrected chi connectivity index (χ1v) is 9.92. The van der Waals surface area contributed by atoms with E-state index < -0.39 is 0 Å². The molecule has 0 aliphatic heterocycles. The third kappa shape index (κ3) is 4.33. The van der Waals surface area contributed by atoms with Crippen molar-refractivity contribution < 1.29 is 19.3 Å². The van der Waals surface area contributed by atoms with Gasteiger partial charge in [0.05, 0.1) is 21.3 Å². The first kappa shape index (κ1) is 20.4. The Morgan fingerprint density at radius 2 is 0.871 bits per heavy atom. The molecule has 0 unspecified atom stereocenters. The van der Waals surface area contributed by atoms with E-state index >= 15 is 0 Å². The van der Waals surface area contributed by atoms with Gasteiger partial charge in [0, 0.05) is 11.6 Å². The summed E-state index contributed by atoms with van der Waals surface area (Å²) < 4.78 is 15.8. The van der Waals surface area contributed by atoms with Crippen LogP contribution in [0, 0.1) is 0 Å². The summed E-state index contributed by atoms with van der Waals surface area (Å²) in [6, 6.07) is 27.6. The van der Waals surface area contributed by atoms with E-state index in [1.54, 1.807) is 27.4 Å². The van der Waals surface area contributed by atoms with Gasteiger partial charge in [-0.25, -0.2) is 0 Å². The number of rotatable bonds is 6. The quantitative estimate of drug-likeness (QED) is 0.397. The van der Waals surface area contributed by atoms with E-state index in [0.29, 0.717) is 5.75 Å². The van der Waals surface area contributed by atoms with E-state index in [1.165, 1.54) is 0 Å². The first-order valence-electron chi connectivity index (χ1n) is 9.92. The van der Waals surface area contributed by atoms with Gasteiger partial charge in [-0.15, -0.1) is 0 Å². The zero-order valence-corrected chi connectivity index (χ0v) is 17.8. The Morgan fingerprint density at radius 1 is 0.452 bits per heavy atom. The first-order chi connectivity index (χ1) is 15.1. The molecule has 0 saturated carbocycles. The summed E-state index contributed by atoms with van der Waals surface area (Å²) in [4.78, 5) is 0. The van der Waals surface area contributed by atoms with E-state index in [0.717, 1.165) is 44.9 Å². The average Bonchev–Trinajstić information content (AvgIpc) is 2.83. The number of phenolic OH excluding ortho intramolecular Hbond substituents is 1. The lowest BCUT2D eigenvalue weighted by atomic mass is 9.93. The molecule has 0 saturated heterocycles. The summed E-state index contributed by atoms with van der Waals surface area (Å²) in [5.74, 6) is 2.40. The lowest BCUT2D eigenvalue weighted by Gasteiger charge is -2.13. The monoisotopic (exact) mass is 412 g/mol. The molecule has 4 aromatic rings. The molecule has 4 aromatic carbocycles. The van der Waals surface area contributed by atoms with Crippen LogP contribution >= 0.6 is 0 Å². The van der Waals surface area contributed by atoms with E-state index in [4.69, 9.17) is 14.2 Å². The van der Waals surface area contributed by atoms with Crippen molar-refractivity contribution in [1.29, 1.82) is 0 Å². The number of phenols is 1. The summed E-state index contributed by atoms with van der Waals surface area (Å²) in [6.45, 7) is 0. The van der Waals surface area contributed by atoms with Crippen LogP contribution in [0.25, 0.3) is 33.4 Å².